The van der Waals surface area contributed by atoms with Gasteiger partial charge in [0.25, 0.3) is 0 Å². The summed E-state index contributed by atoms with van der Waals surface area (Å²) in [6, 6.07) is 4.15. The Hall–Kier alpha value is -1.77. The number of hydrogen-bond acceptors (Lipinski definition) is 3. The van der Waals surface area contributed by atoms with Gasteiger partial charge in [0.15, 0.2) is 0 Å². The second-order valence-corrected chi connectivity index (χ2v) is 5.50. The first-order chi connectivity index (χ1) is 9.76. The lowest BCUT2D eigenvalue weighted by atomic mass is 10.0. The molecule has 1 heterocycles. The van der Waals surface area contributed by atoms with Gasteiger partial charge in [0.1, 0.15) is 11.3 Å². The van der Waals surface area contributed by atoms with Gasteiger partial charge < -0.3 is 10.1 Å². The number of pyridine rings is 1. The van der Waals surface area contributed by atoms with Crippen LogP contribution in [0.25, 0.3) is 10.9 Å². The number of methoxy groups -OCH3 is 1. The van der Waals surface area contributed by atoms with Crippen molar-refractivity contribution in [1.82, 2.24) is 4.98 Å². The maximum Gasteiger partial charge on any atom is 0.145 e. The Morgan fingerprint density at radius 3 is 2.90 bits per heavy atom. The normalized spacial score (nSPS) is 13.6. The zero-order chi connectivity index (χ0) is 14.1. The van der Waals surface area contributed by atoms with Gasteiger partial charge in [-0.2, -0.15) is 0 Å². The molecule has 0 unspecified atom stereocenters. The van der Waals surface area contributed by atoms with Crippen molar-refractivity contribution in [3.8, 4) is 5.75 Å². The molecular weight excluding hydrogens is 248 g/mol. The molecule has 0 bridgehead atoms. The number of nitrogens with zero attached hydrogens (tertiary/aromatic N) is 1. The maximum absolute atomic E-state index is 5.51. The van der Waals surface area contributed by atoms with E-state index in [-0.39, 0.29) is 0 Å². The van der Waals surface area contributed by atoms with Crippen LogP contribution in [0.2, 0.25) is 0 Å². The number of rotatable bonds is 4. The molecule has 0 fully saturated rings. The Bertz CT molecular complexity index is 649. The Balaban J connectivity index is 2.31. The predicted molar refractivity (Wildman–Crippen MR) is 83.8 cm³/mol. The van der Waals surface area contributed by atoms with Crippen molar-refractivity contribution in [3.05, 3.63) is 29.0 Å². The highest BCUT2D eigenvalue weighted by Gasteiger charge is 2.21. The van der Waals surface area contributed by atoms with Gasteiger partial charge in [-0.15, -0.1) is 0 Å². The minimum absolute atomic E-state index is 0.875. The minimum atomic E-state index is 0.875. The van der Waals surface area contributed by atoms with Crippen molar-refractivity contribution >= 4 is 16.6 Å². The van der Waals surface area contributed by atoms with Crippen LogP contribution in [0.4, 0.5) is 5.69 Å². The van der Waals surface area contributed by atoms with Crippen LogP contribution < -0.4 is 10.1 Å². The zero-order valence-corrected chi connectivity index (χ0v) is 12.5. The number of ether oxygens (including phenoxy) is 1. The number of hydrogen-bond donors (Lipinski definition) is 1. The fraction of sp³-hybridized carbons (Fsp3) is 0.471. The van der Waals surface area contributed by atoms with Crippen molar-refractivity contribution in [2.75, 3.05) is 19.0 Å². The number of fused-ring (bicyclic) bond motifs is 2. The molecule has 2 aromatic rings. The number of anilines is 1. The lowest BCUT2D eigenvalue weighted by Crippen LogP contribution is -2.06. The number of nitrogens with one attached hydrogen (secondary N) is 1. The van der Waals surface area contributed by atoms with E-state index < -0.39 is 0 Å². The number of aromatic nitrogens is 1. The average molecular weight is 270 g/mol. The molecule has 1 aromatic carbocycles. The number of benzene rings is 1. The molecule has 3 nitrogen and oxygen atoms in total. The van der Waals surface area contributed by atoms with Gasteiger partial charge >= 0.3 is 0 Å². The van der Waals surface area contributed by atoms with Gasteiger partial charge in [0.05, 0.1) is 7.11 Å². The number of aryl methyl sites for hydroxylation is 2. The van der Waals surface area contributed by atoms with E-state index in [1.807, 2.05) is 6.07 Å². The Morgan fingerprint density at radius 2 is 2.15 bits per heavy atom. The van der Waals surface area contributed by atoms with Crippen LogP contribution in [0.3, 0.4) is 0 Å². The first-order valence-corrected chi connectivity index (χ1v) is 7.49. The van der Waals surface area contributed by atoms with Gasteiger partial charge in [0.2, 0.25) is 0 Å². The standard InChI is InChI=1S/C17H22N2O/c1-4-10-18-16-12-6-5-7-13(12)19-17-14(20-3)9-8-11(2)15(16)17/h8-9H,4-7,10H2,1-3H3,(H,18,19). The highest BCUT2D eigenvalue weighted by atomic mass is 16.5. The molecule has 0 atom stereocenters. The van der Waals surface area contributed by atoms with Crippen LogP contribution in [0, 0.1) is 6.92 Å². The monoisotopic (exact) mass is 270 g/mol. The van der Waals surface area contributed by atoms with Crippen LogP contribution in [0.5, 0.6) is 5.75 Å². The van der Waals surface area contributed by atoms with Crippen LogP contribution >= 0.6 is 0 Å². The fourth-order valence-electron chi connectivity index (χ4n) is 3.12. The molecule has 1 aliphatic rings. The third kappa shape index (κ3) is 2.01. The molecule has 1 aliphatic carbocycles. The molecule has 106 valence electrons. The molecular formula is C17H22N2O. The molecule has 1 N–H and O–H groups in total. The second kappa shape index (κ2) is 5.31. The lowest BCUT2D eigenvalue weighted by Gasteiger charge is -2.17. The van der Waals surface area contributed by atoms with E-state index in [9.17, 15) is 0 Å². The van der Waals surface area contributed by atoms with Crippen LogP contribution in [-0.4, -0.2) is 18.6 Å². The molecule has 0 aliphatic heterocycles. The smallest absolute Gasteiger partial charge is 0.145 e. The molecule has 0 saturated heterocycles. The largest absolute Gasteiger partial charge is 0.494 e. The van der Waals surface area contributed by atoms with E-state index >= 15 is 0 Å². The van der Waals surface area contributed by atoms with E-state index in [0.29, 0.717) is 0 Å². The summed E-state index contributed by atoms with van der Waals surface area (Å²) in [6.07, 6.45) is 4.56. The quantitative estimate of drug-likeness (QED) is 0.916. The van der Waals surface area contributed by atoms with Crippen molar-refractivity contribution in [2.24, 2.45) is 0 Å². The van der Waals surface area contributed by atoms with Crippen LogP contribution in [0.1, 0.15) is 36.6 Å². The summed E-state index contributed by atoms with van der Waals surface area (Å²) in [7, 11) is 1.72. The molecule has 3 heteroatoms. The van der Waals surface area contributed by atoms with Crippen LogP contribution in [0.15, 0.2) is 12.1 Å². The Kier molecular flexibility index (Phi) is 3.51. The topological polar surface area (TPSA) is 34.2 Å². The summed E-state index contributed by atoms with van der Waals surface area (Å²) >= 11 is 0. The van der Waals surface area contributed by atoms with Crippen LogP contribution in [-0.2, 0) is 12.8 Å². The molecule has 20 heavy (non-hydrogen) atoms. The van der Waals surface area contributed by atoms with E-state index in [2.05, 4.69) is 25.2 Å². The first-order valence-electron chi connectivity index (χ1n) is 7.49. The molecule has 3 rings (SSSR count). The summed E-state index contributed by atoms with van der Waals surface area (Å²) in [5.74, 6) is 0.875. The maximum atomic E-state index is 5.51. The summed E-state index contributed by atoms with van der Waals surface area (Å²) in [5.41, 5.74) is 6.23. The fourth-order valence-corrected chi connectivity index (χ4v) is 3.12. The predicted octanol–water partition coefficient (Wildman–Crippen LogP) is 3.86. The van der Waals surface area contributed by atoms with Crippen molar-refractivity contribution in [2.45, 2.75) is 39.5 Å². The zero-order valence-electron chi connectivity index (χ0n) is 12.5. The third-order valence-electron chi connectivity index (χ3n) is 4.11. The summed E-state index contributed by atoms with van der Waals surface area (Å²) < 4.78 is 5.51. The van der Waals surface area contributed by atoms with Gasteiger partial charge in [-0.05, 0) is 49.8 Å². The SMILES string of the molecule is CCCNc1c2c(nc3c(OC)ccc(C)c13)CCC2. The highest BCUT2D eigenvalue weighted by Crippen LogP contribution is 2.38. The molecule has 0 radical (unpaired) electrons. The summed E-state index contributed by atoms with van der Waals surface area (Å²) in [5, 5.41) is 4.87. The Morgan fingerprint density at radius 1 is 1.30 bits per heavy atom. The Labute approximate surface area is 120 Å². The van der Waals surface area contributed by atoms with E-state index in [1.54, 1.807) is 7.11 Å². The minimum Gasteiger partial charge on any atom is -0.494 e. The van der Waals surface area contributed by atoms with Crippen molar-refractivity contribution in [1.29, 1.82) is 0 Å². The van der Waals surface area contributed by atoms with E-state index in [1.165, 1.54) is 34.3 Å². The second-order valence-electron chi connectivity index (χ2n) is 5.50. The molecule has 0 spiro atoms. The summed E-state index contributed by atoms with van der Waals surface area (Å²) in [6.45, 7) is 5.36. The van der Waals surface area contributed by atoms with Gasteiger partial charge in [-0.1, -0.05) is 13.0 Å². The van der Waals surface area contributed by atoms with Crippen molar-refractivity contribution < 1.29 is 4.74 Å². The highest BCUT2D eigenvalue weighted by molar-refractivity contribution is 5.99. The first kappa shape index (κ1) is 13.2. The van der Waals surface area contributed by atoms with E-state index in [4.69, 9.17) is 9.72 Å². The van der Waals surface area contributed by atoms with Crippen molar-refractivity contribution in [3.63, 3.8) is 0 Å². The summed E-state index contributed by atoms with van der Waals surface area (Å²) in [4.78, 5) is 4.89. The lowest BCUT2D eigenvalue weighted by molar-refractivity contribution is 0.418. The van der Waals surface area contributed by atoms with Gasteiger partial charge in [-0.25, -0.2) is 4.98 Å². The molecule has 0 amide bonds. The average Bonchev–Trinajstić information content (AvgIpc) is 2.92. The van der Waals surface area contributed by atoms with Gasteiger partial charge in [-0.3, -0.25) is 0 Å². The molecule has 0 saturated carbocycles. The third-order valence-corrected chi connectivity index (χ3v) is 4.11. The van der Waals surface area contributed by atoms with E-state index in [0.717, 1.165) is 37.1 Å². The van der Waals surface area contributed by atoms with Gasteiger partial charge in [0, 0.05) is 23.3 Å². The molecule has 1 aromatic heterocycles.